The van der Waals surface area contributed by atoms with Crippen molar-refractivity contribution in [1.29, 1.82) is 0 Å². The molecule has 0 unspecified atom stereocenters. The highest BCUT2D eigenvalue weighted by Crippen LogP contribution is 2.20. The maximum Gasteiger partial charge on any atom is 0.268 e. The molecule has 0 saturated carbocycles. The minimum Gasteiger partial charge on any atom is -0.351 e. The summed E-state index contributed by atoms with van der Waals surface area (Å²) in [5, 5.41) is 3.16. The highest BCUT2D eigenvalue weighted by Gasteiger charge is 2.32. The molecule has 1 aromatic heterocycles. The van der Waals surface area contributed by atoms with Gasteiger partial charge in [0.2, 0.25) is 5.91 Å². The highest BCUT2D eigenvalue weighted by molar-refractivity contribution is 7.91. The summed E-state index contributed by atoms with van der Waals surface area (Å²) in [6.07, 6.45) is 2.12. The fourth-order valence-corrected chi connectivity index (χ4v) is 4.40. The summed E-state index contributed by atoms with van der Waals surface area (Å²) in [4.78, 5) is 41.8. The zero-order valence-electron chi connectivity index (χ0n) is 16.8. The summed E-state index contributed by atoms with van der Waals surface area (Å²) in [6, 6.07) is 4.77. The molecule has 8 nitrogen and oxygen atoms in total. The van der Waals surface area contributed by atoms with Gasteiger partial charge in [-0.05, 0) is 44.0 Å². The fraction of sp³-hybridized carbons (Fsp3) is 0.450. The van der Waals surface area contributed by atoms with E-state index in [1.165, 1.54) is 29.2 Å². The molecule has 2 atom stereocenters. The zero-order valence-corrected chi connectivity index (χ0v) is 17.6. The number of carbonyl (C=O) groups is 3. The largest absolute Gasteiger partial charge is 0.351 e. The Morgan fingerprint density at radius 3 is 2.73 bits per heavy atom. The highest BCUT2D eigenvalue weighted by atomic mass is 32.2. The average molecular weight is 437 g/mol. The molecule has 10 heteroatoms. The first-order valence-electron chi connectivity index (χ1n) is 9.62. The van der Waals surface area contributed by atoms with Gasteiger partial charge in [-0.15, -0.1) is 0 Å². The van der Waals surface area contributed by atoms with E-state index >= 15 is 0 Å². The number of ketones is 1. The Hall–Kier alpha value is -2.75. The van der Waals surface area contributed by atoms with Gasteiger partial charge in [-0.1, -0.05) is 0 Å². The maximum absolute atomic E-state index is 13.3. The molecule has 0 radical (unpaired) electrons. The second kappa shape index (κ2) is 8.55. The van der Waals surface area contributed by atoms with Crippen LogP contribution in [-0.4, -0.2) is 67.0 Å². The summed E-state index contributed by atoms with van der Waals surface area (Å²) in [5.74, 6) is -2.72. The van der Waals surface area contributed by atoms with Crippen LogP contribution in [0.15, 0.2) is 24.3 Å². The summed E-state index contributed by atoms with van der Waals surface area (Å²) < 4.78 is 36.1. The normalized spacial score (nSPS) is 18.2. The Morgan fingerprint density at radius 1 is 1.30 bits per heavy atom. The third-order valence-corrected chi connectivity index (χ3v) is 5.95. The van der Waals surface area contributed by atoms with Gasteiger partial charge in [-0.25, -0.2) is 12.8 Å². The molecule has 1 aliphatic rings. The number of piperidine rings is 1. The van der Waals surface area contributed by atoms with Gasteiger partial charge in [0, 0.05) is 36.2 Å². The van der Waals surface area contributed by atoms with Crippen molar-refractivity contribution in [1.82, 2.24) is 15.2 Å². The lowest BCUT2D eigenvalue weighted by Crippen LogP contribution is -2.51. The lowest BCUT2D eigenvalue weighted by Gasteiger charge is -2.33. The van der Waals surface area contributed by atoms with Crippen LogP contribution in [0.25, 0.3) is 10.9 Å². The monoisotopic (exact) mass is 437 g/mol. The SMILES string of the molecule is C[C@@H](NC(=O)c1cc2cc(F)ccc2[nH]1)C(=O)N1CCC[C@@H](C(=O)CS(C)(=O)=O)C1. The molecule has 2 N–H and O–H groups in total. The second-order valence-electron chi connectivity index (χ2n) is 7.77. The lowest BCUT2D eigenvalue weighted by atomic mass is 9.94. The number of rotatable bonds is 6. The van der Waals surface area contributed by atoms with Gasteiger partial charge in [0.05, 0.1) is 0 Å². The predicted octanol–water partition coefficient (Wildman–Crippen LogP) is 1.28. The van der Waals surface area contributed by atoms with Crippen LogP contribution >= 0.6 is 0 Å². The zero-order chi connectivity index (χ0) is 22.1. The quantitative estimate of drug-likeness (QED) is 0.706. The van der Waals surface area contributed by atoms with Crippen LogP contribution in [0.4, 0.5) is 4.39 Å². The Balaban J connectivity index is 1.62. The van der Waals surface area contributed by atoms with Crippen LogP contribution in [0.2, 0.25) is 0 Å². The van der Waals surface area contributed by atoms with E-state index in [2.05, 4.69) is 10.3 Å². The molecular formula is C20H24FN3O5S. The van der Waals surface area contributed by atoms with E-state index in [0.717, 1.165) is 6.26 Å². The molecule has 1 fully saturated rings. The van der Waals surface area contributed by atoms with Gasteiger partial charge in [0.15, 0.2) is 15.6 Å². The minimum absolute atomic E-state index is 0.138. The Morgan fingerprint density at radius 2 is 2.03 bits per heavy atom. The number of nitrogens with zero attached hydrogens (tertiary/aromatic N) is 1. The Labute approximate surface area is 173 Å². The standard InChI is InChI=1S/C20H24FN3O5S/c1-12(22-19(26)17-9-14-8-15(21)5-6-16(14)23-17)20(27)24-7-3-4-13(10-24)18(25)11-30(2,28)29/h5-6,8-9,12-13,23H,3-4,7,10-11H2,1-2H3,(H,22,26)/t12-,13-/m1/s1. The van der Waals surface area contributed by atoms with Crippen LogP contribution in [0.5, 0.6) is 0 Å². The number of benzene rings is 1. The van der Waals surface area contributed by atoms with Gasteiger partial charge in [0.25, 0.3) is 5.91 Å². The van der Waals surface area contributed by atoms with Crippen LogP contribution < -0.4 is 5.32 Å². The summed E-state index contributed by atoms with van der Waals surface area (Å²) in [6.45, 7) is 2.12. The number of hydrogen-bond donors (Lipinski definition) is 2. The lowest BCUT2D eigenvalue weighted by molar-refractivity contribution is -0.136. The number of halogens is 1. The number of nitrogens with one attached hydrogen (secondary N) is 2. The molecule has 2 aromatic rings. The minimum atomic E-state index is -3.42. The molecule has 2 heterocycles. The number of Topliss-reactive ketones (excluding diaryl/α,β-unsaturated/α-hetero) is 1. The van der Waals surface area contributed by atoms with Crippen molar-refractivity contribution < 1.29 is 27.2 Å². The van der Waals surface area contributed by atoms with E-state index < -0.39 is 45.1 Å². The van der Waals surface area contributed by atoms with Crippen LogP contribution in [0.3, 0.4) is 0 Å². The van der Waals surface area contributed by atoms with Gasteiger partial charge in [-0.3, -0.25) is 14.4 Å². The van der Waals surface area contributed by atoms with Crippen molar-refractivity contribution in [2.45, 2.75) is 25.8 Å². The first kappa shape index (κ1) is 21.9. The molecule has 2 amide bonds. The van der Waals surface area contributed by atoms with E-state index in [1.54, 1.807) is 6.92 Å². The predicted molar refractivity (Wildman–Crippen MR) is 109 cm³/mol. The van der Waals surface area contributed by atoms with E-state index in [-0.39, 0.29) is 18.1 Å². The topological polar surface area (TPSA) is 116 Å². The van der Waals surface area contributed by atoms with E-state index in [4.69, 9.17) is 0 Å². The maximum atomic E-state index is 13.3. The first-order valence-corrected chi connectivity index (χ1v) is 11.7. The molecule has 1 aliphatic heterocycles. The van der Waals surface area contributed by atoms with Crippen LogP contribution in [0, 0.1) is 11.7 Å². The number of aromatic nitrogens is 1. The second-order valence-corrected chi connectivity index (χ2v) is 9.91. The average Bonchev–Trinajstić information content (AvgIpc) is 3.09. The smallest absolute Gasteiger partial charge is 0.268 e. The molecule has 3 rings (SSSR count). The van der Waals surface area contributed by atoms with E-state index in [1.807, 2.05) is 0 Å². The molecule has 0 bridgehead atoms. The number of H-pyrrole nitrogens is 1. The summed E-state index contributed by atoms with van der Waals surface area (Å²) in [5.41, 5.74) is 0.805. The van der Waals surface area contributed by atoms with Gasteiger partial charge in [0.1, 0.15) is 23.3 Å². The number of hydrogen-bond acceptors (Lipinski definition) is 5. The van der Waals surface area contributed by atoms with Gasteiger partial charge in [-0.2, -0.15) is 0 Å². The molecule has 1 saturated heterocycles. The molecule has 162 valence electrons. The molecule has 0 aliphatic carbocycles. The van der Waals surface area contributed by atoms with Crippen molar-refractivity contribution in [2.24, 2.45) is 5.92 Å². The van der Waals surface area contributed by atoms with Crippen molar-refractivity contribution in [3.05, 3.63) is 35.8 Å². The number of likely N-dealkylation sites (tertiary alicyclic amines) is 1. The fourth-order valence-electron chi connectivity index (χ4n) is 3.65. The summed E-state index contributed by atoms with van der Waals surface area (Å²) in [7, 11) is -3.42. The number of aromatic amines is 1. The van der Waals surface area contributed by atoms with Gasteiger partial charge >= 0.3 is 0 Å². The first-order chi connectivity index (χ1) is 14.0. The molecule has 0 spiro atoms. The Bertz CT molecular complexity index is 1100. The number of amides is 2. The number of carbonyl (C=O) groups excluding carboxylic acids is 3. The van der Waals surface area contributed by atoms with Crippen LogP contribution in [0.1, 0.15) is 30.3 Å². The number of sulfone groups is 1. The Kier molecular flexibility index (Phi) is 6.25. The van der Waals surface area contributed by atoms with Crippen molar-refractivity contribution in [2.75, 3.05) is 25.1 Å². The third-order valence-electron chi connectivity index (χ3n) is 5.14. The van der Waals surface area contributed by atoms with Crippen molar-refractivity contribution >= 4 is 38.3 Å². The molecule has 1 aromatic carbocycles. The molecular weight excluding hydrogens is 413 g/mol. The van der Waals surface area contributed by atoms with Gasteiger partial charge < -0.3 is 15.2 Å². The van der Waals surface area contributed by atoms with Crippen LogP contribution in [-0.2, 0) is 19.4 Å². The van der Waals surface area contributed by atoms with E-state index in [9.17, 15) is 27.2 Å². The van der Waals surface area contributed by atoms with E-state index in [0.29, 0.717) is 30.3 Å². The molecule has 30 heavy (non-hydrogen) atoms. The number of fused-ring (bicyclic) bond motifs is 1. The third kappa shape index (κ3) is 5.24. The summed E-state index contributed by atoms with van der Waals surface area (Å²) >= 11 is 0. The van der Waals surface area contributed by atoms with Crippen molar-refractivity contribution in [3.8, 4) is 0 Å². The van der Waals surface area contributed by atoms with Crippen molar-refractivity contribution in [3.63, 3.8) is 0 Å².